The summed E-state index contributed by atoms with van der Waals surface area (Å²) in [7, 11) is 0. The van der Waals surface area contributed by atoms with Gasteiger partial charge in [0, 0.05) is 13.0 Å². The van der Waals surface area contributed by atoms with E-state index in [1.807, 2.05) is 0 Å². The first-order chi connectivity index (χ1) is 8.81. The Morgan fingerprint density at radius 1 is 1.44 bits per heavy atom. The van der Waals surface area contributed by atoms with E-state index in [4.69, 9.17) is 6.42 Å². The van der Waals surface area contributed by atoms with Gasteiger partial charge in [-0.3, -0.25) is 4.79 Å². The van der Waals surface area contributed by atoms with Crippen LogP contribution >= 0.6 is 11.8 Å². The smallest absolute Gasteiger partial charge is 0.231 e. The van der Waals surface area contributed by atoms with Crippen molar-refractivity contribution in [3.05, 3.63) is 5.82 Å². The molecule has 2 heterocycles. The maximum Gasteiger partial charge on any atom is 0.231 e. The first-order valence-electron chi connectivity index (χ1n) is 6.06. The molecule has 1 amide bonds. The van der Waals surface area contributed by atoms with Gasteiger partial charge in [-0.15, -0.1) is 16.6 Å². The maximum atomic E-state index is 11.4. The van der Waals surface area contributed by atoms with Crippen molar-refractivity contribution in [1.82, 2.24) is 20.1 Å². The summed E-state index contributed by atoms with van der Waals surface area (Å²) >= 11 is 1.42. The fourth-order valence-corrected chi connectivity index (χ4v) is 2.71. The average molecular weight is 264 g/mol. The summed E-state index contributed by atoms with van der Waals surface area (Å²) in [6.45, 7) is 1.23. The van der Waals surface area contributed by atoms with Crippen LogP contribution in [-0.2, 0) is 17.8 Å². The molecule has 0 radical (unpaired) electrons. The van der Waals surface area contributed by atoms with Crippen LogP contribution in [-0.4, -0.2) is 33.0 Å². The average Bonchev–Trinajstić information content (AvgIpc) is 2.61. The Bertz CT molecular complexity index is 463. The number of fused-ring (bicyclic) bond motifs is 1. The molecule has 0 aliphatic carbocycles. The van der Waals surface area contributed by atoms with E-state index in [9.17, 15) is 4.79 Å². The van der Waals surface area contributed by atoms with E-state index in [1.165, 1.54) is 24.6 Å². The predicted molar refractivity (Wildman–Crippen MR) is 70.1 cm³/mol. The van der Waals surface area contributed by atoms with Crippen LogP contribution in [0.5, 0.6) is 0 Å². The Morgan fingerprint density at radius 3 is 3.17 bits per heavy atom. The van der Waals surface area contributed by atoms with Gasteiger partial charge in [0.1, 0.15) is 5.82 Å². The number of aromatic nitrogens is 3. The Hall–Kier alpha value is -1.48. The molecular formula is C12H16N4OS. The molecule has 1 aliphatic heterocycles. The van der Waals surface area contributed by atoms with Gasteiger partial charge in [-0.1, -0.05) is 24.1 Å². The molecule has 6 heteroatoms. The highest BCUT2D eigenvalue weighted by Crippen LogP contribution is 2.21. The molecule has 0 spiro atoms. The summed E-state index contributed by atoms with van der Waals surface area (Å²) in [5.74, 6) is 3.68. The molecule has 0 saturated heterocycles. The fraction of sp³-hybridized carbons (Fsp3) is 0.583. The van der Waals surface area contributed by atoms with Crippen molar-refractivity contribution in [3.63, 3.8) is 0 Å². The van der Waals surface area contributed by atoms with Crippen LogP contribution < -0.4 is 5.32 Å². The second kappa shape index (κ2) is 6.45. The van der Waals surface area contributed by atoms with Crippen molar-refractivity contribution >= 4 is 17.7 Å². The molecule has 1 aliphatic rings. The lowest BCUT2D eigenvalue weighted by Gasteiger charge is -2.06. The molecule has 0 fully saturated rings. The van der Waals surface area contributed by atoms with Crippen molar-refractivity contribution in [1.29, 1.82) is 0 Å². The van der Waals surface area contributed by atoms with Gasteiger partial charge in [0.15, 0.2) is 5.16 Å². The molecule has 96 valence electrons. The van der Waals surface area contributed by atoms with E-state index >= 15 is 0 Å². The van der Waals surface area contributed by atoms with E-state index in [2.05, 4.69) is 26.0 Å². The number of thioether (sulfide) groups is 1. The Morgan fingerprint density at radius 2 is 2.33 bits per heavy atom. The lowest BCUT2D eigenvalue weighted by Crippen LogP contribution is -2.25. The second-order valence-electron chi connectivity index (χ2n) is 4.13. The van der Waals surface area contributed by atoms with Crippen LogP contribution in [0, 0.1) is 12.3 Å². The minimum Gasteiger partial charge on any atom is -0.344 e. The van der Waals surface area contributed by atoms with Gasteiger partial charge in [0.25, 0.3) is 0 Å². The largest absolute Gasteiger partial charge is 0.344 e. The van der Waals surface area contributed by atoms with E-state index in [0.29, 0.717) is 5.75 Å². The Balaban J connectivity index is 1.92. The summed E-state index contributed by atoms with van der Waals surface area (Å²) in [5.41, 5.74) is 0. The molecule has 1 N–H and O–H groups in total. The van der Waals surface area contributed by atoms with Gasteiger partial charge in [0.05, 0.1) is 12.3 Å². The van der Waals surface area contributed by atoms with Crippen molar-refractivity contribution < 1.29 is 4.79 Å². The Labute approximate surface area is 111 Å². The number of amides is 1. The second-order valence-corrected chi connectivity index (χ2v) is 5.07. The lowest BCUT2D eigenvalue weighted by atomic mass is 10.2. The third-order valence-electron chi connectivity index (χ3n) is 2.80. The van der Waals surface area contributed by atoms with Crippen molar-refractivity contribution in [2.24, 2.45) is 0 Å². The van der Waals surface area contributed by atoms with Crippen LogP contribution in [0.25, 0.3) is 0 Å². The van der Waals surface area contributed by atoms with Gasteiger partial charge >= 0.3 is 0 Å². The van der Waals surface area contributed by atoms with Crippen molar-refractivity contribution in [2.75, 3.05) is 12.3 Å². The van der Waals surface area contributed by atoms with Crippen LogP contribution in [0.1, 0.15) is 25.1 Å². The van der Waals surface area contributed by atoms with E-state index in [-0.39, 0.29) is 12.5 Å². The summed E-state index contributed by atoms with van der Waals surface area (Å²) in [6, 6.07) is 0. The molecule has 1 aromatic heterocycles. The molecule has 1 aromatic rings. The van der Waals surface area contributed by atoms with E-state index in [0.717, 1.165) is 30.4 Å². The van der Waals surface area contributed by atoms with Gasteiger partial charge in [-0.2, -0.15) is 0 Å². The van der Waals surface area contributed by atoms with Crippen LogP contribution in [0.4, 0.5) is 0 Å². The molecule has 0 aromatic carbocycles. The quantitative estimate of drug-likeness (QED) is 0.647. The number of aryl methyl sites for hydroxylation is 1. The van der Waals surface area contributed by atoms with Crippen LogP contribution in [0.15, 0.2) is 5.16 Å². The standard InChI is InChI=1S/C12H16N4OS/c1-2-7-13-11(17)9-18-12-15-14-10-6-4-3-5-8-16(10)12/h1H,3-9H2,(H,13,17). The minimum absolute atomic E-state index is 0.0658. The Kier molecular flexibility index (Phi) is 4.65. The normalized spacial score (nSPS) is 14.4. The molecule has 0 bridgehead atoms. The number of nitrogens with one attached hydrogen (secondary N) is 1. The number of rotatable bonds is 4. The highest BCUT2D eigenvalue weighted by atomic mass is 32.2. The number of carbonyl (C=O) groups excluding carboxylic acids is 1. The SMILES string of the molecule is C#CCNC(=O)CSc1nnc2n1CCCCC2. The molecule has 0 atom stereocenters. The molecule has 18 heavy (non-hydrogen) atoms. The topological polar surface area (TPSA) is 59.8 Å². The summed E-state index contributed by atoms with van der Waals surface area (Å²) < 4.78 is 2.13. The minimum atomic E-state index is -0.0658. The zero-order valence-electron chi connectivity index (χ0n) is 10.2. The summed E-state index contributed by atoms with van der Waals surface area (Å²) in [6.07, 6.45) is 9.62. The third kappa shape index (κ3) is 3.26. The third-order valence-corrected chi connectivity index (χ3v) is 3.76. The molecule has 0 saturated carbocycles. The van der Waals surface area contributed by atoms with Crippen LogP contribution in [0.3, 0.4) is 0 Å². The number of terminal acetylenes is 1. The van der Waals surface area contributed by atoms with Gasteiger partial charge in [-0.05, 0) is 12.8 Å². The number of hydrogen-bond donors (Lipinski definition) is 1. The highest BCUT2D eigenvalue weighted by Gasteiger charge is 2.15. The monoisotopic (exact) mass is 264 g/mol. The first-order valence-corrected chi connectivity index (χ1v) is 7.05. The van der Waals surface area contributed by atoms with Crippen molar-refractivity contribution in [3.8, 4) is 12.3 Å². The summed E-state index contributed by atoms with van der Waals surface area (Å²) in [4.78, 5) is 11.4. The van der Waals surface area contributed by atoms with E-state index in [1.54, 1.807) is 0 Å². The highest BCUT2D eigenvalue weighted by molar-refractivity contribution is 7.99. The van der Waals surface area contributed by atoms with Gasteiger partial charge < -0.3 is 9.88 Å². The fourth-order valence-electron chi connectivity index (χ4n) is 1.90. The number of nitrogens with zero attached hydrogens (tertiary/aromatic N) is 3. The lowest BCUT2D eigenvalue weighted by molar-refractivity contribution is -0.118. The summed E-state index contributed by atoms with van der Waals surface area (Å²) in [5, 5.41) is 11.8. The molecule has 5 nitrogen and oxygen atoms in total. The number of carbonyl (C=O) groups is 1. The maximum absolute atomic E-state index is 11.4. The first kappa shape index (κ1) is 13.0. The van der Waals surface area contributed by atoms with Gasteiger partial charge in [0.2, 0.25) is 5.91 Å². The zero-order valence-corrected chi connectivity index (χ0v) is 11.0. The van der Waals surface area contributed by atoms with Crippen molar-refractivity contribution in [2.45, 2.75) is 37.4 Å². The van der Waals surface area contributed by atoms with E-state index < -0.39 is 0 Å². The number of hydrogen-bond acceptors (Lipinski definition) is 4. The predicted octanol–water partition coefficient (Wildman–Crippen LogP) is 0.846. The van der Waals surface area contributed by atoms with Crippen LogP contribution in [0.2, 0.25) is 0 Å². The van der Waals surface area contributed by atoms with Gasteiger partial charge in [-0.25, -0.2) is 0 Å². The molecule has 2 rings (SSSR count). The molecular weight excluding hydrogens is 248 g/mol. The zero-order chi connectivity index (χ0) is 12.8. The molecule has 0 unspecified atom stereocenters.